The van der Waals surface area contributed by atoms with Gasteiger partial charge >= 0.3 is 11.9 Å². The first-order chi connectivity index (χ1) is 15.0. The molecule has 0 aromatic rings. The SMILES string of the molecule is CCC(=O)O[C@@]1(C(=O)OCF)[C@@H](C)C[C@H]2[C@@H]3CCC4=CC(=O)C=C[C@]4(C)[C@H]3[C@@H](O)C[C@@]21C. The van der Waals surface area contributed by atoms with Crippen molar-refractivity contribution in [3.63, 3.8) is 0 Å². The Labute approximate surface area is 188 Å². The predicted octanol–water partition coefficient (Wildman–Crippen LogP) is 3.67. The van der Waals surface area contributed by atoms with Gasteiger partial charge in [-0.05, 0) is 49.7 Å². The zero-order chi connectivity index (χ0) is 23.5. The van der Waals surface area contributed by atoms with Crippen molar-refractivity contribution in [1.82, 2.24) is 0 Å². The van der Waals surface area contributed by atoms with Gasteiger partial charge in [-0.15, -0.1) is 0 Å². The van der Waals surface area contributed by atoms with E-state index in [2.05, 4.69) is 6.92 Å². The third-order valence-electron chi connectivity index (χ3n) is 9.09. The molecule has 0 aromatic heterocycles. The van der Waals surface area contributed by atoms with E-state index in [4.69, 9.17) is 9.47 Å². The van der Waals surface area contributed by atoms with E-state index in [0.29, 0.717) is 6.42 Å². The van der Waals surface area contributed by atoms with Gasteiger partial charge in [-0.3, -0.25) is 9.59 Å². The van der Waals surface area contributed by atoms with Crippen LogP contribution in [0.5, 0.6) is 0 Å². The number of allylic oxidation sites excluding steroid dienone is 4. The summed E-state index contributed by atoms with van der Waals surface area (Å²) >= 11 is 0. The van der Waals surface area contributed by atoms with Gasteiger partial charge in [0.25, 0.3) is 0 Å². The zero-order valence-corrected chi connectivity index (χ0v) is 19.2. The van der Waals surface area contributed by atoms with Crippen LogP contribution in [0.1, 0.15) is 59.8 Å². The molecule has 0 spiro atoms. The Bertz CT molecular complexity index is 895. The molecule has 4 aliphatic carbocycles. The summed E-state index contributed by atoms with van der Waals surface area (Å²) < 4.78 is 23.8. The molecule has 4 aliphatic rings. The van der Waals surface area contributed by atoms with Crippen LogP contribution < -0.4 is 0 Å². The summed E-state index contributed by atoms with van der Waals surface area (Å²) in [5, 5.41) is 11.5. The highest BCUT2D eigenvalue weighted by atomic mass is 19.1. The third-order valence-corrected chi connectivity index (χ3v) is 9.09. The van der Waals surface area contributed by atoms with Gasteiger partial charge in [0, 0.05) is 29.1 Å². The number of rotatable bonds is 4. The van der Waals surface area contributed by atoms with Gasteiger partial charge in [-0.25, -0.2) is 9.18 Å². The van der Waals surface area contributed by atoms with Crippen LogP contribution in [0.25, 0.3) is 0 Å². The van der Waals surface area contributed by atoms with E-state index in [1.807, 2.05) is 19.9 Å². The number of halogens is 1. The summed E-state index contributed by atoms with van der Waals surface area (Å²) in [7, 11) is 0. The molecule has 3 fully saturated rings. The molecule has 0 bridgehead atoms. The number of aliphatic hydroxyl groups is 1. The molecule has 0 aromatic carbocycles. The van der Waals surface area contributed by atoms with Gasteiger partial charge in [0.15, 0.2) is 5.78 Å². The second-order valence-corrected chi connectivity index (χ2v) is 10.5. The maximum atomic E-state index is 13.2. The van der Waals surface area contributed by atoms with Crippen molar-refractivity contribution in [3.8, 4) is 0 Å². The molecule has 1 N–H and O–H groups in total. The standard InChI is InChI=1S/C25H33FO6/c1-5-20(29)32-25(22(30)31-13-26)14(2)10-18-17-7-6-15-11-16(27)8-9-23(15,3)21(17)19(28)12-24(18,25)4/h8-9,11,14,17-19,21,28H,5-7,10,12-13H2,1-4H3/t14-,17-,18-,19-,21+,23-,24-,25+/m0/s1. The highest BCUT2D eigenvalue weighted by Gasteiger charge is 2.73. The number of alkyl halides is 1. The van der Waals surface area contributed by atoms with E-state index in [1.54, 1.807) is 19.1 Å². The molecule has 4 rings (SSSR count). The molecule has 0 radical (unpaired) electrons. The Kier molecular flexibility index (Phi) is 5.63. The quantitative estimate of drug-likeness (QED) is 0.660. The molecule has 8 atom stereocenters. The van der Waals surface area contributed by atoms with Crippen molar-refractivity contribution in [2.24, 2.45) is 34.5 Å². The van der Waals surface area contributed by atoms with Gasteiger partial charge in [-0.2, -0.15) is 0 Å². The van der Waals surface area contributed by atoms with Crippen molar-refractivity contribution in [3.05, 3.63) is 23.8 Å². The lowest BCUT2D eigenvalue weighted by atomic mass is 9.46. The number of fused-ring (bicyclic) bond motifs is 5. The van der Waals surface area contributed by atoms with Crippen LogP contribution in [0, 0.1) is 34.5 Å². The Balaban J connectivity index is 1.79. The zero-order valence-electron chi connectivity index (χ0n) is 19.2. The van der Waals surface area contributed by atoms with E-state index < -0.39 is 41.3 Å². The third kappa shape index (κ3) is 2.96. The summed E-state index contributed by atoms with van der Waals surface area (Å²) in [6.45, 7) is 6.16. The fourth-order valence-electron chi connectivity index (χ4n) is 7.75. The van der Waals surface area contributed by atoms with Gasteiger partial charge in [0.1, 0.15) is 0 Å². The highest BCUT2D eigenvalue weighted by Crippen LogP contribution is 2.69. The van der Waals surface area contributed by atoms with E-state index in [9.17, 15) is 23.9 Å². The number of hydrogen-bond acceptors (Lipinski definition) is 6. The van der Waals surface area contributed by atoms with Crippen LogP contribution >= 0.6 is 0 Å². The first-order valence-electron chi connectivity index (χ1n) is 11.6. The summed E-state index contributed by atoms with van der Waals surface area (Å²) in [5.74, 6) is -1.90. The Morgan fingerprint density at radius 3 is 2.69 bits per heavy atom. The second-order valence-electron chi connectivity index (χ2n) is 10.5. The van der Waals surface area contributed by atoms with Gasteiger partial charge < -0.3 is 14.6 Å². The average Bonchev–Trinajstić information content (AvgIpc) is 2.95. The van der Waals surface area contributed by atoms with Crippen LogP contribution in [-0.2, 0) is 23.9 Å². The van der Waals surface area contributed by atoms with Gasteiger partial charge in [0.2, 0.25) is 12.5 Å². The molecule has 0 aliphatic heterocycles. The molecule has 7 heteroatoms. The normalized spacial score (nSPS) is 44.8. The van der Waals surface area contributed by atoms with Crippen LogP contribution in [0.3, 0.4) is 0 Å². The lowest BCUT2D eigenvalue weighted by molar-refractivity contribution is -0.220. The summed E-state index contributed by atoms with van der Waals surface area (Å²) in [6.07, 6.45) is 6.84. The largest absolute Gasteiger partial charge is 0.446 e. The minimum Gasteiger partial charge on any atom is -0.446 e. The Morgan fingerprint density at radius 1 is 1.31 bits per heavy atom. The number of esters is 2. The van der Waals surface area contributed by atoms with Crippen LogP contribution in [-0.4, -0.2) is 41.4 Å². The van der Waals surface area contributed by atoms with Crippen molar-refractivity contribution < 1.29 is 33.4 Å². The number of ether oxygens (including phenoxy) is 2. The van der Waals surface area contributed by atoms with E-state index in [0.717, 1.165) is 18.4 Å². The molecule has 0 heterocycles. The fraction of sp³-hybridized carbons (Fsp3) is 0.720. The molecule has 6 nitrogen and oxygen atoms in total. The van der Waals surface area contributed by atoms with E-state index in [1.165, 1.54) is 0 Å². The molecular formula is C25H33FO6. The second kappa shape index (κ2) is 7.79. The lowest BCUT2D eigenvalue weighted by Gasteiger charge is -2.59. The molecule has 0 saturated heterocycles. The van der Waals surface area contributed by atoms with Crippen molar-refractivity contribution >= 4 is 17.7 Å². The molecule has 176 valence electrons. The monoisotopic (exact) mass is 448 g/mol. The number of hydrogen-bond donors (Lipinski definition) is 1. The van der Waals surface area contributed by atoms with Gasteiger partial charge in [0.05, 0.1) is 6.10 Å². The average molecular weight is 449 g/mol. The van der Waals surface area contributed by atoms with Crippen LogP contribution in [0.15, 0.2) is 23.8 Å². The maximum Gasteiger partial charge on any atom is 0.353 e. The summed E-state index contributed by atoms with van der Waals surface area (Å²) in [6, 6.07) is 0. The van der Waals surface area contributed by atoms with E-state index in [-0.39, 0.29) is 42.3 Å². The number of ketones is 1. The lowest BCUT2D eigenvalue weighted by Crippen LogP contribution is -2.64. The Hall–Kier alpha value is -2.02. The van der Waals surface area contributed by atoms with Crippen molar-refractivity contribution in [1.29, 1.82) is 0 Å². The summed E-state index contributed by atoms with van der Waals surface area (Å²) in [5.41, 5.74) is -1.93. The first kappa shape index (κ1) is 23.1. The molecule has 0 unspecified atom stereocenters. The number of carbonyl (C=O) groups is 3. The molecule has 32 heavy (non-hydrogen) atoms. The number of aliphatic hydroxyl groups excluding tert-OH is 1. The minimum atomic E-state index is -1.64. The summed E-state index contributed by atoms with van der Waals surface area (Å²) in [4.78, 5) is 37.6. The van der Waals surface area contributed by atoms with Crippen LogP contribution in [0.2, 0.25) is 0 Å². The van der Waals surface area contributed by atoms with E-state index >= 15 is 0 Å². The van der Waals surface area contributed by atoms with Crippen LogP contribution in [0.4, 0.5) is 4.39 Å². The first-order valence-corrected chi connectivity index (χ1v) is 11.6. The maximum absolute atomic E-state index is 13.2. The fourth-order valence-corrected chi connectivity index (χ4v) is 7.75. The van der Waals surface area contributed by atoms with Crippen molar-refractivity contribution in [2.75, 3.05) is 6.86 Å². The molecule has 3 saturated carbocycles. The highest BCUT2D eigenvalue weighted by molar-refractivity contribution is 6.01. The molecule has 0 amide bonds. The minimum absolute atomic E-state index is 0.0212. The topological polar surface area (TPSA) is 89.9 Å². The Morgan fingerprint density at radius 2 is 2.03 bits per heavy atom. The molecular weight excluding hydrogens is 415 g/mol. The van der Waals surface area contributed by atoms with Crippen molar-refractivity contribution in [2.45, 2.75) is 71.5 Å². The number of carbonyl (C=O) groups excluding carboxylic acids is 3. The van der Waals surface area contributed by atoms with Gasteiger partial charge in [-0.1, -0.05) is 39.3 Å². The predicted molar refractivity (Wildman–Crippen MR) is 114 cm³/mol. The smallest absolute Gasteiger partial charge is 0.353 e.